The van der Waals surface area contributed by atoms with Crippen molar-refractivity contribution in [2.24, 2.45) is 10.8 Å². The molecule has 0 spiro atoms. The van der Waals surface area contributed by atoms with Crippen molar-refractivity contribution in [3.05, 3.63) is 72.6 Å². The van der Waals surface area contributed by atoms with Crippen molar-refractivity contribution >= 4 is 11.7 Å². The monoisotopic (exact) mass is 455 g/mol. The Hall–Kier alpha value is -3.81. The molecule has 174 valence electrons. The highest BCUT2D eigenvalue weighted by Gasteiger charge is 2.36. The van der Waals surface area contributed by atoms with Gasteiger partial charge in [-0.15, -0.1) is 10.2 Å². The predicted molar refractivity (Wildman–Crippen MR) is 131 cm³/mol. The molecule has 4 heterocycles. The number of pyridine rings is 1. The summed E-state index contributed by atoms with van der Waals surface area (Å²) in [5, 5.41) is 11.9. The average molecular weight is 456 g/mol. The van der Waals surface area contributed by atoms with Crippen LogP contribution in [0, 0.1) is 10.8 Å². The first kappa shape index (κ1) is 22.0. The van der Waals surface area contributed by atoms with Gasteiger partial charge in [0, 0.05) is 36.6 Å². The Bertz CT molecular complexity index is 1330. The minimum atomic E-state index is -0.227. The van der Waals surface area contributed by atoms with Crippen LogP contribution in [0.3, 0.4) is 0 Å². The number of benzene rings is 1. The molecule has 8 heteroatoms. The number of fused-ring (bicyclic) bond motifs is 1. The zero-order valence-corrected chi connectivity index (χ0v) is 20.0. The third-order valence-electron chi connectivity index (χ3n) is 6.14. The molecule has 1 aliphatic rings. The summed E-state index contributed by atoms with van der Waals surface area (Å²) in [7, 11) is 0. The molecule has 0 unspecified atom stereocenters. The molecule has 0 atom stereocenters. The molecule has 1 amide bonds. The van der Waals surface area contributed by atoms with Crippen LogP contribution in [-0.4, -0.2) is 35.2 Å². The first-order valence-electron chi connectivity index (χ1n) is 11.5. The Kier molecular flexibility index (Phi) is 5.31. The molecule has 0 saturated heterocycles. The van der Waals surface area contributed by atoms with Crippen LogP contribution in [0.4, 0.5) is 5.82 Å². The molecule has 3 aromatic heterocycles. The van der Waals surface area contributed by atoms with Crippen LogP contribution in [0.2, 0.25) is 0 Å². The highest BCUT2D eigenvalue weighted by Crippen LogP contribution is 2.41. The minimum absolute atomic E-state index is 0.109. The Morgan fingerprint density at radius 3 is 2.65 bits per heavy atom. The Labute approximate surface area is 199 Å². The van der Waals surface area contributed by atoms with E-state index >= 15 is 0 Å². The first-order valence-corrected chi connectivity index (χ1v) is 11.5. The lowest BCUT2D eigenvalue weighted by atomic mass is 9.74. The highest BCUT2D eigenvalue weighted by molar-refractivity contribution is 6.04. The molecule has 1 aliphatic heterocycles. The number of hydrogen-bond acceptors (Lipinski definition) is 5. The standard InChI is InChI=1S/C26H29N7O/c1-25(2)14-22-30-31-23(33(22)16-26(3,4)15-25)20-9-6-10-21(28-20)29-24(34)18-7-5-8-19(13-18)32-12-11-27-17-32/h5-13,17H,14-16H2,1-4H3,(H,28,29,34). The van der Waals surface area contributed by atoms with Gasteiger partial charge >= 0.3 is 0 Å². The maximum Gasteiger partial charge on any atom is 0.256 e. The molecule has 8 nitrogen and oxygen atoms in total. The molecule has 34 heavy (non-hydrogen) atoms. The Balaban J connectivity index is 1.41. The average Bonchev–Trinajstić information content (AvgIpc) is 3.42. The fourth-order valence-electron chi connectivity index (χ4n) is 5.13. The van der Waals surface area contributed by atoms with Gasteiger partial charge in [-0.1, -0.05) is 39.8 Å². The van der Waals surface area contributed by atoms with E-state index in [2.05, 4.69) is 52.8 Å². The zero-order chi connectivity index (χ0) is 23.9. The summed E-state index contributed by atoms with van der Waals surface area (Å²) >= 11 is 0. The van der Waals surface area contributed by atoms with Gasteiger partial charge in [-0.05, 0) is 47.6 Å². The number of imidazole rings is 1. The number of aromatic nitrogens is 6. The van der Waals surface area contributed by atoms with E-state index in [0.717, 1.165) is 36.7 Å². The van der Waals surface area contributed by atoms with E-state index < -0.39 is 0 Å². The van der Waals surface area contributed by atoms with Gasteiger partial charge in [0.15, 0.2) is 5.82 Å². The van der Waals surface area contributed by atoms with Crippen molar-refractivity contribution in [2.75, 3.05) is 5.32 Å². The van der Waals surface area contributed by atoms with Crippen LogP contribution < -0.4 is 5.32 Å². The maximum absolute atomic E-state index is 13.0. The SMILES string of the molecule is CC1(C)Cc2nnc(-c3cccc(NC(=O)c4cccc(-n5ccnc5)c4)n3)n2CC(C)(C)C1. The molecule has 0 aliphatic carbocycles. The number of carbonyl (C=O) groups excluding carboxylic acids is 1. The van der Waals surface area contributed by atoms with Crippen molar-refractivity contribution in [2.45, 2.75) is 47.1 Å². The van der Waals surface area contributed by atoms with Crippen molar-refractivity contribution < 1.29 is 4.79 Å². The number of nitrogens with zero attached hydrogens (tertiary/aromatic N) is 6. The van der Waals surface area contributed by atoms with E-state index in [0.29, 0.717) is 17.1 Å². The number of amides is 1. The quantitative estimate of drug-likeness (QED) is 0.478. The topological polar surface area (TPSA) is 90.5 Å². The number of hydrogen-bond donors (Lipinski definition) is 1. The largest absolute Gasteiger partial charge is 0.309 e. The van der Waals surface area contributed by atoms with E-state index in [-0.39, 0.29) is 16.7 Å². The van der Waals surface area contributed by atoms with Crippen LogP contribution in [-0.2, 0) is 13.0 Å². The van der Waals surface area contributed by atoms with Crippen LogP contribution >= 0.6 is 0 Å². The number of nitrogens with one attached hydrogen (secondary N) is 1. The van der Waals surface area contributed by atoms with Crippen molar-refractivity contribution in [1.82, 2.24) is 29.3 Å². The number of anilines is 1. The van der Waals surface area contributed by atoms with E-state index in [4.69, 9.17) is 4.98 Å². The van der Waals surface area contributed by atoms with Gasteiger partial charge in [-0.3, -0.25) is 4.79 Å². The lowest BCUT2D eigenvalue weighted by Crippen LogP contribution is -2.24. The Morgan fingerprint density at radius 1 is 1.03 bits per heavy atom. The normalized spacial score (nSPS) is 16.5. The van der Waals surface area contributed by atoms with Crippen molar-refractivity contribution in [3.63, 3.8) is 0 Å². The molecular weight excluding hydrogens is 426 g/mol. The smallest absolute Gasteiger partial charge is 0.256 e. The highest BCUT2D eigenvalue weighted by atomic mass is 16.1. The second-order valence-corrected chi connectivity index (χ2v) is 10.6. The second kappa shape index (κ2) is 8.20. The third kappa shape index (κ3) is 4.48. The summed E-state index contributed by atoms with van der Waals surface area (Å²) in [6, 6.07) is 13.0. The van der Waals surface area contributed by atoms with E-state index in [9.17, 15) is 4.79 Å². The summed E-state index contributed by atoms with van der Waals surface area (Å²) in [4.78, 5) is 21.7. The summed E-state index contributed by atoms with van der Waals surface area (Å²) < 4.78 is 4.05. The third-order valence-corrected chi connectivity index (χ3v) is 6.14. The van der Waals surface area contributed by atoms with Crippen LogP contribution in [0.5, 0.6) is 0 Å². The van der Waals surface area contributed by atoms with E-state index in [1.54, 1.807) is 24.7 Å². The first-order chi connectivity index (χ1) is 16.2. The van der Waals surface area contributed by atoms with Crippen molar-refractivity contribution in [3.8, 4) is 17.2 Å². The summed E-state index contributed by atoms with van der Waals surface area (Å²) in [6.45, 7) is 9.97. The van der Waals surface area contributed by atoms with E-state index in [1.165, 1.54) is 0 Å². The minimum Gasteiger partial charge on any atom is -0.309 e. The molecule has 4 aromatic rings. The van der Waals surface area contributed by atoms with Gasteiger partial charge in [0.2, 0.25) is 0 Å². The second-order valence-electron chi connectivity index (χ2n) is 10.6. The molecule has 1 N–H and O–H groups in total. The number of carbonyl (C=O) groups is 1. The van der Waals surface area contributed by atoms with Gasteiger partial charge in [-0.2, -0.15) is 0 Å². The molecule has 1 aromatic carbocycles. The van der Waals surface area contributed by atoms with E-state index in [1.807, 2.05) is 41.1 Å². The van der Waals surface area contributed by atoms with Crippen LogP contribution in [0.25, 0.3) is 17.2 Å². The summed E-state index contributed by atoms with van der Waals surface area (Å²) in [6.07, 6.45) is 7.21. The van der Waals surface area contributed by atoms with Gasteiger partial charge in [-0.25, -0.2) is 9.97 Å². The lowest BCUT2D eigenvalue weighted by molar-refractivity contribution is 0.102. The van der Waals surface area contributed by atoms with Gasteiger partial charge < -0.3 is 14.5 Å². The fraction of sp³-hybridized carbons (Fsp3) is 0.346. The summed E-state index contributed by atoms with van der Waals surface area (Å²) in [5.74, 6) is 1.97. The predicted octanol–water partition coefficient (Wildman–Crippen LogP) is 4.78. The van der Waals surface area contributed by atoms with Crippen LogP contribution in [0.15, 0.2) is 61.2 Å². The molecule has 0 radical (unpaired) electrons. The summed E-state index contributed by atoms with van der Waals surface area (Å²) in [5.41, 5.74) is 2.36. The lowest BCUT2D eigenvalue weighted by Gasteiger charge is -2.31. The zero-order valence-electron chi connectivity index (χ0n) is 20.0. The molecule has 0 fully saturated rings. The molecule has 0 bridgehead atoms. The molecular formula is C26H29N7O. The van der Waals surface area contributed by atoms with Gasteiger partial charge in [0.05, 0.1) is 6.33 Å². The maximum atomic E-state index is 13.0. The molecule has 5 rings (SSSR count). The fourth-order valence-corrected chi connectivity index (χ4v) is 5.13. The van der Waals surface area contributed by atoms with Gasteiger partial charge in [0.25, 0.3) is 5.91 Å². The van der Waals surface area contributed by atoms with Crippen molar-refractivity contribution in [1.29, 1.82) is 0 Å². The van der Waals surface area contributed by atoms with Crippen LogP contribution in [0.1, 0.15) is 50.3 Å². The Morgan fingerprint density at radius 2 is 1.85 bits per heavy atom. The van der Waals surface area contributed by atoms with Gasteiger partial charge in [0.1, 0.15) is 17.3 Å². The number of rotatable bonds is 4. The molecule has 0 saturated carbocycles.